The predicted octanol–water partition coefficient (Wildman–Crippen LogP) is 6.39. The van der Waals surface area contributed by atoms with Crippen LogP contribution >= 0.6 is 7.26 Å². The van der Waals surface area contributed by atoms with Crippen LogP contribution < -0.4 is 36.3 Å². The van der Waals surface area contributed by atoms with Gasteiger partial charge in [0.2, 0.25) is 11.8 Å². The first-order valence-corrected chi connectivity index (χ1v) is 28.4. The molecule has 14 heteroatoms. The third kappa shape index (κ3) is 13.8. The number of aliphatic hydroxyl groups excluding tert-OH is 1. The van der Waals surface area contributed by atoms with E-state index in [1.54, 1.807) is 12.2 Å². The Labute approximate surface area is 437 Å². The molecule has 3 aliphatic rings. The van der Waals surface area contributed by atoms with Crippen LogP contribution in [0.4, 0.5) is 11.4 Å². The molecule has 1 saturated heterocycles. The number of hydrogen-bond donors (Lipinski definition) is 3. The number of carbonyl (C=O) groups is 4. The van der Waals surface area contributed by atoms with Crippen molar-refractivity contribution < 1.29 is 29.0 Å². The van der Waals surface area contributed by atoms with Crippen molar-refractivity contribution in [3.8, 4) is 0 Å². The molecular formula is C60H72N7O6P. The van der Waals surface area contributed by atoms with Crippen molar-refractivity contribution in [2.24, 2.45) is 10.9 Å². The zero-order valence-electron chi connectivity index (χ0n) is 42.9. The number of amides is 4. The number of nitrogens with zero attached hydrogens (tertiary/aromatic N) is 5. The molecule has 0 radical (unpaired) electrons. The normalized spacial score (nSPS) is 17.9. The number of aliphatic imine (C=N–C) groups is 1. The smallest absolute Gasteiger partial charge is 0.394 e. The maximum absolute atomic E-state index is 14.0. The molecule has 13 nitrogen and oxygen atoms in total. The van der Waals surface area contributed by atoms with Gasteiger partial charge in [0.05, 0.1) is 19.8 Å². The average molecular weight is 1020 g/mol. The van der Waals surface area contributed by atoms with E-state index in [1.165, 1.54) is 20.8 Å². The molecule has 5 aromatic rings. The van der Waals surface area contributed by atoms with Gasteiger partial charge in [0, 0.05) is 38.3 Å². The first-order valence-electron chi connectivity index (χ1n) is 26.2. The Hall–Kier alpha value is -6.92. The number of rotatable bonds is 22. The summed E-state index contributed by atoms with van der Waals surface area (Å²) in [5.74, 6) is -0.210. The van der Waals surface area contributed by atoms with E-state index in [1.807, 2.05) is 66.4 Å². The number of piperazine rings is 1. The number of anilines is 2. The molecule has 2 fully saturated rings. The fourth-order valence-electron chi connectivity index (χ4n) is 10.5. The Morgan fingerprint density at radius 1 is 0.730 bits per heavy atom. The molecule has 2 heterocycles. The van der Waals surface area contributed by atoms with Crippen molar-refractivity contribution in [2.75, 3.05) is 89.1 Å². The van der Waals surface area contributed by atoms with Gasteiger partial charge < -0.3 is 25.4 Å². The van der Waals surface area contributed by atoms with Crippen LogP contribution in [0.25, 0.3) is 12.2 Å². The summed E-state index contributed by atoms with van der Waals surface area (Å²) in [6.07, 6.45) is 11.4. The minimum atomic E-state index is -2.34. The number of ether oxygens (including phenoxy) is 1. The topological polar surface area (TPSA) is 147 Å². The van der Waals surface area contributed by atoms with Crippen molar-refractivity contribution in [3.05, 3.63) is 162 Å². The van der Waals surface area contributed by atoms with Crippen molar-refractivity contribution in [1.29, 1.82) is 0 Å². The summed E-state index contributed by atoms with van der Waals surface area (Å²) < 4.78 is 5.24. The third-order valence-corrected chi connectivity index (χ3v) is 19.6. The number of amidine groups is 1. The van der Waals surface area contributed by atoms with Crippen molar-refractivity contribution >= 4 is 76.2 Å². The second kappa shape index (κ2) is 26.3. The zero-order chi connectivity index (χ0) is 51.7. The van der Waals surface area contributed by atoms with E-state index in [-0.39, 0.29) is 61.0 Å². The molecule has 8 rings (SSSR count). The molecule has 4 amide bonds. The van der Waals surface area contributed by atoms with Crippen LogP contribution in [0.15, 0.2) is 156 Å². The van der Waals surface area contributed by atoms with Gasteiger partial charge in [0.25, 0.3) is 5.91 Å². The average Bonchev–Trinajstić information content (AvgIpc) is 3.73. The van der Waals surface area contributed by atoms with Gasteiger partial charge in [-0.2, -0.15) is 0 Å². The van der Waals surface area contributed by atoms with Gasteiger partial charge in [-0.15, -0.1) is 0 Å². The number of benzene rings is 5. The van der Waals surface area contributed by atoms with Crippen molar-refractivity contribution in [3.63, 3.8) is 0 Å². The van der Waals surface area contributed by atoms with E-state index in [0.717, 1.165) is 54.6 Å². The van der Waals surface area contributed by atoms with Crippen LogP contribution in [0.2, 0.25) is 0 Å². The Bertz CT molecular complexity index is 2620. The minimum absolute atomic E-state index is 0.0254. The molecule has 0 spiro atoms. The summed E-state index contributed by atoms with van der Waals surface area (Å²) >= 11 is 0. The molecule has 74 heavy (non-hydrogen) atoms. The molecule has 1 aliphatic carbocycles. The minimum Gasteiger partial charge on any atom is -0.394 e. The molecule has 0 aromatic heterocycles. The summed E-state index contributed by atoms with van der Waals surface area (Å²) in [5, 5.41) is 19.1. The first kappa shape index (κ1) is 53.4. The Kier molecular flexibility index (Phi) is 19.0. The van der Waals surface area contributed by atoms with Crippen LogP contribution in [-0.2, 0) is 23.9 Å². The van der Waals surface area contributed by atoms with E-state index in [4.69, 9.17) is 14.8 Å². The second-order valence-corrected chi connectivity index (χ2v) is 23.7. The van der Waals surface area contributed by atoms with E-state index >= 15 is 0 Å². The summed E-state index contributed by atoms with van der Waals surface area (Å²) in [7, 11) is 1.61. The van der Waals surface area contributed by atoms with Crippen LogP contribution in [0.5, 0.6) is 0 Å². The summed E-state index contributed by atoms with van der Waals surface area (Å²) in [6.45, 7) is 3.55. The Morgan fingerprint density at radius 2 is 1.32 bits per heavy atom. The molecule has 0 atom stereocenters. The van der Waals surface area contributed by atoms with Gasteiger partial charge in [0.15, 0.2) is 0 Å². The number of hydrogen-bond acceptors (Lipinski definition) is 9. The van der Waals surface area contributed by atoms with Gasteiger partial charge in [-0.25, -0.2) is 4.99 Å². The number of nitrogens with one attached hydrogen (secondary N) is 2. The Balaban J connectivity index is 0.850. The van der Waals surface area contributed by atoms with Gasteiger partial charge in [0.1, 0.15) is 18.1 Å². The number of aliphatic hydroxyl groups is 1. The van der Waals surface area contributed by atoms with Gasteiger partial charge in [-0.3, -0.25) is 19.3 Å². The SMILES string of the molecule is CN(C)c1ccc(/C=C2N=C(/C=C/c3ccc(N4CCN(C(=O)CCCC[PH](c5ccccc5)(c5ccccc5)c5ccccc5)CC4)cc3)N(CC(=O)NC3CCC(C(=O)NCCOCCO)CC3)C/2=O)cc1. The van der Waals surface area contributed by atoms with Crippen LogP contribution in [0.1, 0.15) is 56.1 Å². The second-order valence-electron chi connectivity index (χ2n) is 19.6. The third-order valence-electron chi connectivity index (χ3n) is 14.5. The number of unbranched alkanes of at least 4 members (excludes halogenated alkanes) is 1. The summed E-state index contributed by atoms with van der Waals surface area (Å²) in [4.78, 5) is 66.4. The fourth-order valence-corrected chi connectivity index (χ4v) is 15.4. The van der Waals surface area contributed by atoms with Crippen LogP contribution in [-0.4, -0.2) is 130 Å². The van der Waals surface area contributed by atoms with E-state index in [2.05, 4.69) is 119 Å². The van der Waals surface area contributed by atoms with Crippen molar-refractivity contribution in [2.45, 2.75) is 51.0 Å². The predicted molar refractivity (Wildman–Crippen MR) is 302 cm³/mol. The van der Waals surface area contributed by atoms with E-state index in [0.29, 0.717) is 64.2 Å². The van der Waals surface area contributed by atoms with Gasteiger partial charge >= 0.3 is 216 Å². The molecule has 0 bridgehead atoms. The zero-order valence-corrected chi connectivity index (χ0v) is 43.9. The van der Waals surface area contributed by atoms with Crippen LogP contribution in [0.3, 0.4) is 0 Å². The molecule has 1 saturated carbocycles. The van der Waals surface area contributed by atoms with Gasteiger partial charge in [-0.1, -0.05) is 18.2 Å². The monoisotopic (exact) mass is 1020 g/mol. The quantitative estimate of drug-likeness (QED) is 0.0411. The van der Waals surface area contributed by atoms with Crippen LogP contribution in [0, 0.1) is 5.92 Å². The molecule has 2 aliphatic heterocycles. The molecular weight excluding hydrogens is 946 g/mol. The first-order chi connectivity index (χ1) is 36.1. The summed E-state index contributed by atoms with van der Waals surface area (Å²) in [5.41, 5.74) is 4.09. The number of carbonyl (C=O) groups excluding carboxylic acids is 4. The van der Waals surface area contributed by atoms with E-state index in [9.17, 15) is 19.2 Å². The Morgan fingerprint density at radius 3 is 1.91 bits per heavy atom. The standard InChI is InChI=1S/C60H72N7O6P/c1-64(2)50-30-23-47(24-31-50)44-55-60(72)67(45-57(69)62-49-28-26-48(27-29-49)59(71)61-35-41-73-42-40-68)56(63-55)34-25-46-21-32-51(33-22-46)65-36-38-66(39-37-65)58(70)20-12-13-43-74(52-14-6-3-7-15-52,53-16-8-4-9-17-53)54-18-10-5-11-19-54/h3-11,14-19,21-25,30-34,44,48-49,68,74H,12-13,20,26-29,35-43,45H2,1-2H3,(H,61,71)(H,62,69)/b34-25+,55-44+. The summed E-state index contributed by atoms with van der Waals surface area (Å²) in [6, 6.07) is 48.9. The molecule has 388 valence electrons. The fraction of sp³-hybridized carbons (Fsp3) is 0.350. The maximum atomic E-state index is 14.0. The molecule has 5 aromatic carbocycles. The van der Waals surface area contributed by atoms with Crippen molar-refractivity contribution in [1.82, 2.24) is 20.4 Å². The van der Waals surface area contributed by atoms with Gasteiger partial charge in [-0.05, 0) is 61.1 Å². The van der Waals surface area contributed by atoms with E-state index < -0.39 is 7.26 Å². The molecule has 3 N–H and O–H groups in total. The molecule has 0 unspecified atom stereocenters.